The van der Waals surface area contributed by atoms with Gasteiger partial charge in [-0.25, -0.2) is 8.42 Å². The lowest BCUT2D eigenvalue weighted by Crippen LogP contribution is -2.55. The van der Waals surface area contributed by atoms with Crippen LogP contribution in [0.1, 0.15) is 31.0 Å². The summed E-state index contributed by atoms with van der Waals surface area (Å²) in [5, 5.41) is 10.8. The molecule has 2 aromatic rings. The summed E-state index contributed by atoms with van der Waals surface area (Å²) in [5.41, 5.74) is 0.339. The maximum absolute atomic E-state index is 13.5. The Kier molecular flexibility index (Phi) is 5.29. The van der Waals surface area contributed by atoms with Crippen molar-refractivity contribution in [3.05, 3.63) is 76.4 Å². The Morgan fingerprint density at radius 3 is 2.32 bits per heavy atom. The largest absolute Gasteiger partial charge is 0.383 e. The highest BCUT2D eigenvalue weighted by molar-refractivity contribution is 9.10. The number of ketones is 1. The molecule has 1 aliphatic heterocycles. The number of piperidine rings is 1. The number of hydrogen-bond acceptors (Lipinski definition) is 4. The van der Waals surface area contributed by atoms with E-state index >= 15 is 0 Å². The van der Waals surface area contributed by atoms with Crippen LogP contribution in [-0.2, 0) is 14.8 Å². The predicted molar refractivity (Wildman–Crippen MR) is 111 cm³/mol. The number of sulfonamides is 1. The molecule has 0 bridgehead atoms. The van der Waals surface area contributed by atoms with Gasteiger partial charge in [-0.1, -0.05) is 52.3 Å². The molecule has 0 radical (unpaired) electrons. The van der Waals surface area contributed by atoms with E-state index in [1.54, 1.807) is 50.2 Å². The molecule has 3 rings (SSSR count). The van der Waals surface area contributed by atoms with Gasteiger partial charge in [-0.2, -0.15) is 0 Å². The number of carbonyl (C=O) groups is 1. The number of rotatable bonds is 3. The lowest BCUT2D eigenvalue weighted by molar-refractivity contribution is -0.141. The molecule has 1 aliphatic rings. The second kappa shape index (κ2) is 7.13. The molecule has 1 fully saturated rings. The zero-order valence-electron chi connectivity index (χ0n) is 15.9. The summed E-state index contributed by atoms with van der Waals surface area (Å²) in [6.45, 7) is 8.97. The first-order valence-corrected chi connectivity index (χ1v) is 11.0. The van der Waals surface area contributed by atoms with Crippen LogP contribution in [0.3, 0.4) is 0 Å². The van der Waals surface area contributed by atoms with Crippen LogP contribution in [0.15, 0.2) is 70.2 Å². The van der Waals surface area contributed by atoms with Gasteiger partial charge in [0, 0.05) is 10.2 Å². The van der Waals surface area contributed by atoms with E-state index in [1.165, 1.54) is 12.1 Å². The van der Waals surface area contributed by atoms with Crippen molar-refractivity contribution in [2.75, 3.05) is 0 Å². The van der Waals surface area contributed by atoms with Crippen LogP contribution in [0.4, 0.5) is 0 Å². The molecule has 1 saturated heterocycles. The van der Waals surface area contributed by atoms with Gasteiger partial charge in [0.1, 0.15) is 12.1 Å². The molecule has 2 atom stereocenters. The quantitative estimate of drug-likeness (QED) is 0.746. The molecule has 1 N–H and O–H groups in total. The number of halogens is 1. The summed E-state index contributed by atoms with van der Waals surface area (Å²) in [6.07, 6.45) is -1.52. The van der Waals surface area contributed by atoms with Gasteiger partial charge in [-0.05, 0) is 50.6 Å². The summed E-state index contributed by atoms with van der Waals surface area (Å²) in [4.78, 5) is 12.9. The highest BCUT2D eigenvalue weighted by Gasteiger charge is 2.53. The Morgan fingerprint density at radius 1 is 1.14 bits per heavy atom. The minimum absolute atomic E-state index is 0.0802. The number of aliphatic hydroxyl groups excluding tert-OH is 1. The predicted octanol–water partition coefficient (Wildman–Crippen LogP) is 3.97. The molecule has 0 saturated carbocycles. The first-order valence-electron chi connectivity index (χ1n) is 8.76. The molecular formula is C21H22BrNO4S. The number of nitrogens with zero attached hydrogens (tertiary/aromatic N) is 1. The smallest absolute Gasteiger partial charge is 0.264 e. The molecule has 0 aromatic heterocycles. The summed E-state index contributed by atoms with van der Waals surface area (Å²) in [7, 11) is -4.06. The average molecular weight is 464 g/mol. The van der Waals surface area contributed by atoms with Crippen molar-refractivity contribution in [1.82, 2.24) is 4.31 Å². The highest BCUT2D eigenvalue weighted by atomic mass is 79.9. The minimum atomic E-state index is -4.06. The number of hydrogen-bond donors (Lipinski definition) is 1. The Bertz CT molecular complexity index is 1040. The highest BCUT2D eigenvalue weighted by Crippen LogP contribution is 2.46. The second-order valence-electron chi connectivity index (χ2n) is 7.49. The molecule has 5 nitrogen and oxygen atoms in total. The van der Waals surface area contributed by atoms with Crippen molar-refractivity contribution in [3.8, 4) is 0 Å². The molecule has 2 aromatic carbocycles. The van der Waals surface area contributed by atoms with E-state index in [-0.39, 0.29) is 10.6 Å². The Balaban J connectivity index is 2.24. The summed E-state index contributed by atoms with van der Waals surface area (Å²) < 4.78 is 28.9. The van der Waals surface area contributed by atoms with Gasteiger partial charge >= 0.3 is 0 Å². The van der Waals surface area contributed by atoms with E-state index in [0.29, 0.717) is 10.0 Å². The van der Waals surface area contributed by atoms with Crippen LogP contribution in [-0.4, -0.2) is 29.7 Å². The van der Waals surface area contributed by atoms with Crippen LogP contribution in [0.25, 0.3) is 0 Å². The molecule has 0 amide bonds. The Labute approximate surface area is 173 Å². The molecule has 0 aliphatic carbocycles. The fourth-order valence-electron chi connectivity index (χ4n) is 3.35. The lowest BCUT2D eigenvalue weighted by Gasteiger charge is -2.47. The average Bonchev–Trinajstić information content (AvgIpc) is 2.63. The molecule has 0 unspecified atom stereocenters. The fraction of sp³-hybridized carbons (Fsp3) is 0.286. The van der Waals surface area contributed by atoms with Crippen molar-refractivity contribution in [2.45, 2.75) is 37.8 Å². The summed E-state index contributed by atoms with van der Waals surface area (Å²) >= 11 is 3.37. The normalized spacial score (nSPS) is 22.4. The molecule has 0 spiro atoms. The topological polar surface area (TPSA) is 74.7 Å². The van der Waals surface area contributed by atoms with Crippen molar-refractivity contribution >= 4 is 31.7 Å². The van der Waals surface area contributed by atoms with Gasteiger partial charge in [0.15, 0.2) is 5.78 Å². The second-order valence-corrected chi connectivity index (χ2v) is 10.2. The van der Waals surface area contributed by atoms with E-state index in [1.807, 2.05) is 6.92 Å². The third-order valence-electron chi connectivity index (χ3n) is 5.19. The third-order valence-corrected chi connectivity index (χ3v) is 7.52. The zero-order valence-corrected chi connectivity index (χ0v) is 18.3. The number of aryl methyl sites for hydroxylation is 1. The number of aliphatic hydroxyl groups is 1. The number of carbonyl (C=O) groups excluding carboxylic acids is 1. The minimum Gasteiger partial charge on any atom is -0.383 e. The van der Waals surface area contributed by atoms with Crippen molar-refractivity contribution in [2.24, 2.45) is 5.41 Å². The van der Waals surface area contributed by atoms with E-state index in [0.717, 1.165) is 9.87 Å². The molecule has 1 heterocycles. The monoisotopic (exact) mass is 463 g/mol. The van der Waals surface area contributed by atoms with Crippen molar-refractivity contribution in [3.63, 3.8) is 0 Å². The number of allylic oxidation sites excluding steroid dienone is 1. The zero-order chi connectivity index (χ0) is 20.9. The number of benzene rings is 2. The van der Waals surface area contributed by atoms with E-state index in [2.05, 4.69) is 22.5 Å². The SMILES string of the molecule is C=C1N(S(=O)(=O)c2ccc(C)cc2)[C@@H](c2cccc(Br)c2)[C@H](O)C(=O)C1(C)C. The number of Topliss-reactive ketones (excluding diaryl/α,β-unsaturated/α-hetero) is 1. The van der Waals surface area contributed by atoms with Gasteiger partial charge in [0.25, 0.3) is 10.0 Å². The van der Waals surface area contributed by atoms with Crippen LogP contribution in [0, 0.1) is 12.3 Å². The van der Waals surface area contributed by atoms with Crippen LogP contribution in [0.5, 0.6) is 0 Å². The van der Waals surface area contributed by atoms with E-state index < -0.39 is 33.4 Å². The van der Waals surface area contributed by atoms with Gasteiger partial charge in [-0.3, -0.25) is 9.10 Å². The van der Waals surface area contributed by atoms with Gasteiger partial charge < -0.3 is 5.11 Å². The van der Waals surface area contributed by atoms with E-state index in [9.17, 15) is 18.3 Å². The van der Waals surface area contributed by atoms with Crippen molar-refractivity contribution in [1.29, 1.82) is 0 Å². The van der Waals surface area contributed by atoms with Crippen LogP contribution in [0.2, 0.25) is 0 Å². The molecular weight excluding hydrogens is 442 g/mol. The van der Waals surface area contributed by atoms with Gasteiger partial charge in [0.05, 0.1) is 10.3 Å². The van der Waals surface area contributed by atoms with Crippen LogP contribution < -0.4 is 0 Å². The maximum atomic E-state index is 13.5. The maximum Gasteiger partial charge on any atom is 0.264 e. The molecule has 28 heavy (non-hydrogen) atoms. The lowest BCUT2D eigenvalue weighted by atomic mass is 9.75. The summed E-state index contributed by atoms with van der Waals surface area (Å²) in [5.74, 6) is -0.460. The van der Waals surface area contributed by atoms with Gasteiger partial charge in [0.2, 0.25) is 0 Å². The molecule has 148 valence electrons. The standard InChI is InChI=1S/C21H22BrNO4S/c1-13-8-10-17(11-9-13)28(26,27)23-14(2)21(3,4)20(25)19(24)18(23)15-6-5-7-16(22)12-15/h5-12,18-19,24H,2H2,1,3-4H3/t18-,19-/m0/s1. The van der Waals surface area contributed by atoms with Gasteiger partial charge in [-0.15, -0.1) is 0 Å². The molecule has 7 heteroatoms. The first-order chi connectivity index (χ1) is 13.0. The third kappa shape index (κ3) is 3.32. The van der Waals surface area contributed by atoms with Crippen molar-refractivity contribution < 1.29 is 18.3 Å². The summed E-state index contributed by atoms with van der Waals surface area (Å²) in [6, 6.07) is 12.3. The Hall–Kier alpha value is -1.96. The van der Waals surface area contributed by atoms with E-state index in [4.69, 9.17) is 0 Å². The fourth-order valence-corrected chi connectivity index (χ4v) is 5.53. The van der Waals surface area contributed by atoms with Crippen LogP contribution >= 0.6 is 15.9 Å². The first kappa shape index (κ1) is 20.8. The Morgan fingerprint density at radius 2 is 1.75 bits per heavy atom.